The Morgan fingerprint density at radius 1 is 1.25 bits per heavy atom. The van der Waals surface area contributed by atoms with Crippen molar-refractivity contribution in [1.82, 2.24) is 20.2 Å². The van der Waals surface area contributed by atoms with E-state index in [-0.39, 0.29) is 11.9 Å². The van der Waals surface area contributed by atoms with Gasteiger partial charge in [-0.3, -0.25) is 9.69 Å². The van der Waals surface area contributed by atoms with Gasteiger partial charge in [0.25, 0.3) is 0 Å². The number of nitrogens with zero attached hydrogens (tertiary/aromatic N) is 2. The van der Waals surface area contributed by atoms with Gasteiger partial charge in [-0.15, -0.1) is 0 Å². The highest BCUT2D eigenvalue weighted by Gasteiger charge is 2.25. The van der Waals surface area contributed by atoms with Gasteiger partial charge in [-0.1, -0.05) is 12.1 Å². The summed E-state index contributed by atoms with van der Waals surface area (Å²) in [5, 5.41) is 3.07. The van der Waals surface area contributed by atoms with Crippen LogP contribution < -0.4 is 5.32 Å². The zero-order valence-corrected chi connectivity index (χ0v) is 16.1. The van der Waals surface area contributed by atoms with Crippen molar-refractivity contribution in [3.8, 4) is 0 Å². The lowest BCUT2D eigenvalue weighted by Crippen LogP contribution is -2.43. The summed E-state index contributed by atoms with van der Waals surface area (Å²) in [6.45, 7) is 5.53. The van der Waals surface area contributed by atoms with Gasteiger partial charge in [-0.05, 0) is 31.2 Å². The molecule has 1 saturated heterocycles. The SMILES string of the molecule is Cc1ccc([C@@H](CNC(=O)CCc2nc3ccccc3[nH]2)N2CCOCC2)o1. The summed E-state index contributed by atoms with van der Waals surface area (Å²) in [6, 6.07) is 11.9. The Balaban J connectivity index is 1.34. The number of morpholine rings is 1. The Bertz CT molecular complexity index is 894. The maximum absolute atomic E-state index is 12.4. The molecule has 0 unspecified atom stereocenters. The molecule has 3 aromatic rings. The molecular formula is C21H26N4O3. The first kappa shape index (κ1) is 18.7. The number of aromatic nitrogens is 2. The number of carbonyl (C=O) groups is 1. The second-order valence-electron chi connectivity index (χ2n) is 7.12. The highest BCUT2D eigenvalue weighted by atomic mass is 16.5. The van der Waals surface area contributed by atoms with E-state index < -0.39 is 0 Å². The van der Waals surface area contributed by atoms with Crippen LogP contribution in [0.1, 0.15) is 29.8 Å². The highest BCUT2D eigenvalue weighted by Crippen LogP contribution is 2.23. The molecule has 7 nitrogen and oxygen atoms in total. The predicted molar refractivity (Wildman–Crippen MR) is 106 cm³/mol. The van der Waals surface area contributed by atoms with E-state index in [1.165, 1.54) is 0 Å². The average Bonchev–Trinajstić information content (AvgIpc) is 3.33. The molecule has 0 aliphatic carbocycles. The molecule has 0 spiro atoms. The third-order valence-corrected chi connectivity index (χ3v) is 5.10. The van der Waals surface area contributed by atoms with Gasteiger partial charge in [-0.2, -0.15) is 0 Å². The van der Waals surface area contributed by atoms with E-state index in [9.17, 15) is 4.79 Å². The van der Waals surface area contributed by atoms with Crippen LogP contribution in [0, 0.1) is 6.92 Å². The van der Waals surface area contributed by atoms with Gasteiger partial charge < -0.3 is 19.5 Å². The third kappa shape index (κ3) is 4.43. The maximum Gasteiger partial charge on any atom is 0.220 e. The molecule has 1 amide bonds. The monoisotopic (exact) mass is 382 g/mol. The number of H-pyrrole nitrogens is 1. The summed E-state index contributed by atoms with van der Waals surface area (Å²) in [5.74, 6) is 2.62. The minimum atomic E-state index is 0.0157. The van der Waals surface area contributed by atoms with E-state index in [1.54, 1.807) is 0 Å². The summed E-state index contributed by atoms with van der Waals surface area (Å²) in [4.78, 5) is 22.5. The van der Waals surface area contributed by atoms with Gasteiger partial charge in [-0.25, -0.2) is 4.98 Å². The third-order valence-electron chi connectivity index (χ3n) is 5.10. The molecule has 0 saturated carbocycles. The van der Waals surface area contributed by atoms with E-state index >= 15 is 0 Å². The highest BCUT2D eigenvalue weighted by molar-refractivity contribution is 5.77. The van der Waals surface area contributed by atoms with Crippen molar-refractivity contribution in [1.29, 1.82) is 0 Å². The van der Waals surface area contributed by atoms with Crippen molar-refractivity contribution < 1.29 is 13.9 Å². The molecule has 7 heteroatoms. The molecule has 1 fully saturated rings. The van der Waals surface area contributed by atoms with E-state index in [0.717, 1.165) is 41.5 Å². The molecule has 148 valence electrons. The fourth-order valence-electron chi connectivity index (χ4n) is 3.59. The van der Waals surface area contributed by atoms with Crippen molar-refractivity contribution in [3.63, 3.8) is 0 Å². The molecule has 1 aromatic carbocycles. The van der Waals surface area contributed by atoms with Gasteiger partial charge in [0.05, 0.1) is 30.3 Å². The van der Waals surface area contributed by atoms with Crippen molar-refractivity contribution in [2.75, 3.05) is 32.8 Å². The van der Waals surface area contributed by atoms with Crippen LogP contribution in [0.4, 0.5) is 0 Å². The predicted octanol–water partition coefficient (Wildman–Crippen LogP) is 2.59. The van der Waals surface area contributed by atoms with E-state index in [2.05, 4.69) is 20.2 Å². The van der Waals surface area contributed by atoms with Crippen LogP contribution in [0.2, 0.25) is 0 Å². The molecule has 1 atom stereocenters. The Hall–Kier alpha value is -2.64. The molecule has 28 heavy (non-hydrogen) atoms. The number of imidazole rings is 1. The normalized spacial score (nSPS) is 16.3. The fourth-order valence-corrected chi connectivity index (χ4v) is 3.59. The molecule has 3 heterocycles. The summed E-state index contributed by atoms with van der Waals surface area (Å²) in [5.41, 5.74) is 1.93. The number of benzene rings is 1. The van der Waals surface area contributed by atoms with Crippen LogP contribution in [-0.4, -0.2) is 53.6 Å². The first-order valence-electron chi connectivity index (χ1n) is 9.77. The maximum atomic E-state index is 12.4. The lowest BCUT2D eigenvalue weighted by atomic mass is 10.1. The number of amides is 1. The van der Waals surface area contributed by atoms with Crippen molar-refractivity contribution in [2.45, 2.75) is 25.8 Å². The van der Waals surface area contributed by atoms with E-state index in [0.29, 0.717) is 32.6 Å². The summed E-state index contributed by atoms with van der Waals surface area (Å²) >= 11 is 0. The van der Waals surface area contributed by atoms with E-state index in [4.69, 9.17) is 9.15 Å². The van der Waals surface area contributed by atoms with Crippen LogP contribution in [0.15, 0.2) is 40.8 Å². The van der Waals surface area contributed by atoms with Crippen LogP contribution in [0.3, 0.4) is 0 Å². The average molecular weight is 382 g/mol. The van der Waals surface area contributed by atoms with Crippen LogP contribution in [0.5, 0.6) is 0 Å². The van der Waals surface area contributed by atoms with Crippen LogP contribution in [0.25, 0.3) is 11.0 Å². The standard InChI is InChI=1S/C21H26N4O3/c1-15-6-7-19(28-15)18(25-10-12-27-13-11-25)14-22-21(26)9-8-20-23-16-4-2-3-5-17(16)24-20/h2-7,18H,8-14H2,1H3,(H,22,26)(H,23,24)/t18-/m1/s1. The van der Waals surface area contributed by atoms with Crippen molar-refractivity contribution in [2.24, 2.45) is 0 Å². The number of furan rings is 1. The number of hydrogen-bond donors (Lipinski definition) is 2. The molecule has 1 aliphatic heterocycles. The lowest BCUT2D eigenvalue weighted by Gasteiger charge is -2.33. The summed E-state index contributed by atoms with van der Waals surface area (Å²) in [7, 11) is 0. The Morgan fingerprint density at radius 2 is 2.07 bits per heavy atom. The lowest BCUT2D eigenvalue weighted by molar-refractivity contribution is -0.121. The topological polar surface area (TPSA) is 83.4 Å². The minimum Gasteiger partial charge on any atom is -0.465 e. The number of carbonyl (C=O) groups excluding carboxylic acids is 1. The van der Waals surface area contributed by atoms with Gasteiger partial charge >= 0.3 is 0 Å². The number of nitrogens with one attached hydrogen (secondary N) is 2. The van der Waals surface area contributed by atoms with Crippen molar-refractivity contribution in [3.05, 3.63) is 53.7 Å². The van der Waals surface area contributed by atoms with Gasteiger partial charge in [0.15, 0.2) is 0 Å². The zero-order chi connectivity index (χ0) is 19.3. The molecule has 2 aromatic heterocycles. The number of hydrogen-bond acceptors (Lipinski definition) is 5. The zero-order valence-electron chi connectivity index (χ0n) is 16.1. The number of rotatable bonds is 7. The number of fused-ring (bicyclic) bond motifs is 1. The molecule has 2 N–H and O–H groups in total. The van der Waals surface area contributed by atoms with Gasteiger partial charge in [0.1, 0.15) is 17.3 Å². The molecular weight excluding hydrogens is 356 g/mol. The molecule has 0 radical (unpaired) electrons. The number of para-hydroxylation sites is 2. The Labute approximate surface area is 164 Å². The smallest absolute Gasteiger partial charge is 0.220 e. The van der Waals surface area contributed by atoms with Gasteiger partial charge in [0, 0.05) is 32.5 Å². The van der Waals surface area contributed by atoms with Crippen LogP contribution in [-0.2, 0) is 16.0 Å². The fraction of sp³-hybridized carbons (Fsp3) is 0.429. The minimum absolute atomic E-state index is 0.0157. The summed E-state index contributed by atoms with van der Waals surface area (Å²) in [6.07, 6.45) is 0.982. The first-order valence-corrected chi connectivity index (χ1v) is 9.77. The largest absolute Gasteiger partial charge is 0.465 e. The quantitative estimate of drug-likeness (QED) is 0.656. The van der Waals surface area contributed by atoms with E-state index in [1.807, 2.05) is 43.3 Å². The second kappa shape index (κ2) is 8.58. The molecule has 4 rings (SSSR count). The number of ether oxygens (including phenoxy) is 1. The van der Waals surface area contributed by atoms with Crippen LogP contribution >= 0.6 is 0 Å². The Kier molecular flexibility index (Phi) is 5.73. The van der Waals surface area contributed by atoms with Crippen molar-refractivity contribution >= 4 is 16.9 Å². The number of aromatic amines is 1. The number of aryl methyl sites for hydroxylation is 2. The Morgan fingerprint density at radius 3 is 2.82 bits per heavy atom. The molecule has 1 aliphatic rings. The second-order valence-corrected chi connectivity index (χ2v) is 7.12. The first-order chi connectivity index (χ1) is 13.7. The summed E-state index contributed by atoms with van der Waals surface area (Å²) < 4.78 is 11.3. The molecule has 0 bridgehead atoms. The van der Waals surface area contributed by atoms with Gasteiger partial charge in [0.2, 0.25) is 5.91 Å².